The first-order chi connectivity index (χ1) is 10.0. The molecule has 1 aromatic carbocycles. The number of aryl methyl sites for hydroxylation is 1. The van der Waals surface area contributed by atoms with Crippen molar-refractivity contribution >= 4 is 11.9 Å². The van der Waals surface area contributed by atoms with Gasteiger partial charge in [0.05, 0.1) is 12.5 Å². The molecule has 0 fully saturated rings. The Bertz CT molecular complexity index is 473. The zero-order valence-electron chi connectivity index (χ0n) is 12.6. The summed E-state index contributed by atoms with van der Waals surface area (Å²) < 4.78 is 5.55. The first-order valence-corrected chi connectivity index (χ1v) is 7.22. The van der Waals surface area contributed by atoms with E-state index in [0.717, 1.165) is 11.3 Å². The van der Waals surface area contributed by atoms with E-state index >= 15 is 0 Å². The molecule has 0 bridgehead atoms. The molecule has 0 aliphatic rings. The van der Waals surface area contributed by atoms with Crippen LogP contribution in [-0.2, 0) is 9.59 Å². The minimum Gasteiger partial charge on any atom is -0.494 e. The van der Waals surface area contributed by atoms with E-state index in [-0.39, 0.29) is 12.5 Å². The van der Waals surface area contributed by atoms with Gasteiger partial charge in [0.1, 0.15) is 5.75 Å². The van der Waals surface area contributed by atoms with E-state index in [1.807, 2.05) is 31.2 Å². The topological polar surface area (TPSA) is 75.6 Å². The number of carboxylic acids is 1. The third-order valence-corrected chi connectivity index (χ3v) is 3.19. The van der Waals surface area contributed by atoms with Crippen molar-refractivity contribution in [3.63, 3.8) is 0 Å². The zero-order valence-corrected chi connectivity index (χ0v) is 12.6. The summed E-state index contributed by atoms with van der Waals surface area (Å²) in [5.41, 5.74) is 1.13. The van der Waals surface area contributed by atoms with Gasteiger partial charge in [0.2, 0.25) is 5.91 Å². The summed E-state index contributed by atoms with van der Waals surface area (Å²) in [5, 5.41) is 11.5. The van der Waals surface area contributed by atoms with Gasteiger partial charge in [-0.25, -0.2) is 0 Å². The third kappa shape index (κ3) is 6.79. The summed E-state index contributed by atoms with van der Waals surface area (Å²) >= 11 is 0. The molecule has 1 aromatic rings. The summed E-state index contributed by atoms with van der Waals surface area (Å²) in [6.45, 7) is 4.43. The largest absolute Gasteiger partial charge is 0.494 e. The quantitative estimate of drug-likeness (QED) is 0.685. The first-order valence-electron chi connectivity index (χ1n) is 7.22. The van der Waals surface area contributed by atoms with E-state index in [1.54, 1.807) is 6.92 Å². The van der Waals surface area contributed by atoms with E-state index in [0.29, 0.717) is 25.9 Å². The van der Waals surface area contributed by atoms with Crippen LogP contribution in [-0.4, -0.2) is 30.1 Å². The second-order valence-electron chi connectivity index (χ2n) is 5.02. The second-order valence-corrected chi connectivity index (χ2v) is 5.02. The maximum atomic E-state index is 11.6. The predicted octanol–water partition coefficient (Wildman–Crippen LogP) is 2.38. The minimum absolute atomic E-state index is 0.137. The molecule has 2 N–H and O–H groups in total. The van der Waals surface area contributed by atoms with Gasteiger partial charge in [0.15, 0.2) is 0 Å². The molecule has 1 amide bonds. The lowest BCUT2D eigenvalue weighted by Gasteiger charge is -2.11. The summed E-state index contributed by atoms with van der Waals surface area (Å²) in [7, 11) is 0. The molecule has 0 spiro atoms. The summed E-state index contributed by atoms with van der Waals surface area (Å²) in [6.07, 6.45) is 1.44. The van der Waals surface area contributed by atoms with Crippen LogP contribution >= 0.6 is 0 Å². The van der Waals surface area contributed by atoms with E-state index in [2.05, 4.69) is 5.32 Å². The van der Waals surface area contributed by atoms with Gasteiger partial charge in [-0.2, -0.15) is 0 Å². The zero-order chi connectivity index (χ0) is 15.7. The van der Waals surface area contributed by atoms with Gasteiger partial charge in [0, 0.05) is 13.0 Å². The number of ether oxygens (including phenoxy) is 1. The number of hydrogen-bond acceptors (Lipinski definition) is 3. The molecule has 1 atom stereocenters. The number of benzene rings is 1. The van der Waals surface area contributed by atoms with E-state index in [9.17, 15) is 9.59 Å². The smallest absolute Gasteiger partial charge is 0.308 e. The molecule has 1 rings (SSSR count). The first kappa shape index (κ1) is 17.0. The van der Waals surface area contributed by atoms with Crippen molar-refractivity contribution < 1.29 is 19.4 Å². The fourth-order valence-electron chi connectivity index (χ4n) is 1.86. The van der Waals surface area contributed by atoms with Gasteiger partial charge in [-0.15, -0.1) is 0 Å². The third-order valence-electron chi connectivity index (χ3n) is 3.19. The van der Waals surface area contributed by atoms with Gasteiger partial charge in [-0.05, 0) is 37.5 Å². The molecule has 0 heterocycles. The van der Waals surface area contributed by atoms with Gasteiger partial charge in [0.25, 0.3) is 0 Å². The standard InChI is InChI=1S/C16H23NO4/c1-3-13(16(19)20)11-17-15(18)8-5-9-21-14-7-4-6-12(2)10-14/h4,6-7,10,13H,3,5,8-9,11H2,1-2H3,(H,17,18)(H,19,20). The van der Waals surface area contributed by atoms with Crippen molar-refractivity contribution in [1.82, 2.24) is 5.32 Å². The monoisotopic (exact) mass is 293 g/mol. The highest BCUT2D eigenvalue weighted by atomic mass is 16.5. The Labute approximate surface area is 125 Å². The maximum Gasteiger partial charge on any atom is 0.308 e. The number of amides is 1. The molecular formula is C16H23NO4. The minimum atomic E-state index is -0.874. The molecule has 5 heteroatoms. The van der Waals surface area contributed by atoms with Crippen LogP contribution in [0.1, 0.15) is 31.7 Å². The summed E-state index contributed by atoms with van der Waals surface area (Å²) in [5.74, 6) is -0.729. The van der Waals surface area contributed by atoms with Crippen LogP contribution in [0.4, 0.5) is 0 Å². The van der Waals surface area contributed by atoms with Crippen molar-refractivity contribution in [2.45, 2.75) is 33.1 Å². The fraction of sp³-hybridized carbons (Fsp3) is 0.500. The van der Waals surface area contributed by atoms with Gasteiger partial charge in [-0.1, -0.05) is 19.1 Å². The highest BCUT2D eigenvalue weighted by molar-refractivity contribution is 5.77. The van der Waals surface area contributed by atoms with E-state index < -0.39 is 11.9 Å². The summed E-state index contributed by atoms with van der Waals surface area (Å²) in [4.78, 5) is 22.4. The molecule has 0 aliphatic heterocycles. The highest BCUT2D eigenvalue weighted by Gasteiger charge is 2.15. The molecule has 0 saturated carbocycles. The van der Waals surface area contributed by atoms with E-state index in [4.69, 9.17) is 9.84 Å². The Kier molecular flexibility index (Phi) is 7.29. The second kappa shape index (κ2) is 9.00. The van der Waals surface area contributed by atoms with Crippen LogP contribution in [0.5, 0.6) is 5.75 Å². The average molecular weight is 293 g/mol. The van der Waals surface area contributed by atoms with Crippen molar-refractivity contribution in [2.24, 2.45) is 5.92 Å². The lowest BCUT2D eigenvalue weighted by Crippen LogP contribution is -2.32. The van der Waals surface area contributed by atoms with Crippen molar-refractivity contribution in [3.8, 4) is 5.75 Å². The summed E-state index contributed by atoms with van der Waals surface area (Å²) in [6, 6.07) is 7.74. The van der Waals surface area contributed by atoms with Crippen LogP contribution in [0.3, 0.4) is 0 Å². The Hall–Kier alpha value is -2.04. The van der Waals surface area contributed by atoms with Crippen molar-refractivity contribution in [3.05, 3.63) is 29.8 Å². The molecule has 0 saturated heterocycles. The fourth-order valence-corrected chi connectivity index (χ4v) is 1.86. The Morgan fingerprint density at radius 2 is 2.14 bits per heavy atom. The van der Waals surface area contributed by atoms with Crippen LogP contribution < -0.4 is 10.1 Å². The number of aliphatic carboxylic acids is 1. The molecule has 0 radical (unpaired) electrons. The normalized spacial score (nSPS) is 11.7. The number of carbonyl (C=O) groups is 2. The lowest BCUT2D eigenvalue weighted by molar-refractivity contribution is -0.141. The number of rotatable bonds is 9. The number of nitrogens with one attached hydrogen (secondary N) is 1. The Morgan fingerprint density at radius 3 is 2.76 bits per heavy atom. The van der Waals surface area contributed by atoms with Gasteiger partial charge >= 0.3 is 5.97 Å². The molecular weight excluding hydrogens is 270 g/mol. The number of hydrogen-bond donors (Lipinski definition) is 2. The van der Waals surface area contributed by atoms with Crippen LogP contribution in [0.15, 0.2) is 24.3 Å². The number of carboxylic acid groups (broad SMARTS) is 1. The molecule has 0 aliphatic carbocycles. The van der Waals surface area contributed by atoms with Crippen molar-refractivity contribution in [2.75, 3.05) is 13.2 Å². The Balaban J connectivity index is 2.17. The predicted molar refractivity (Wildman–Crippen MR) is 80.3 cm³/mol. The van der Waals surface area contributed by atoms with Crippen LogP contribution in [0, 0.1) is 12.8 Å². The molecule has 5 nitrogen and oxygen atoms in total. The maximum absolute atomic E-state index is 11.6. The SMILES string of the molecule is CCC(CNC(=O)CCCOc1cccc(C)c1)C(=O)O. The Morgan fingerprint density at radius 1 is 1.38 bits per heavy atom. The molecule has 1 unspecified atom stereocenters. The number of carbonyl (C=O) groups excluding carboxylic acids is 1. The van der Waals surface area contributed by atoms with Crippen LogP contribution in [0.2, 0.25) is 0 Å². The van der Waals surface area contributed by atoms with Gasteiger partial charge in [-0.3, -0.25) is 9.59 Å². The molecule has 0 aromatic heterocycles. The van der Waals surface area contributed by atoms with Crippen molar-refractivity contribution in [1.29, 1.82) is 0 Å². The van der Waals surface area contributed by atoms with Gasteiger partial charge < -0.3 is 15.2 Å². The van der Waals surface area contributed by atoms with Crippen LogP contribution in [0.25, 0.3) is 0 Å². The molecule has 116 valence electrons. The lowest BCUT2D eigenvalue weighted by atomic mass is 10.1. The van der Waals surface area contributed by atoms with E-state index in [1.165, 1.54) is 0 Å². The molecule has 21 heavy (non-hydrogen) atoms. The highest BCUT2D eigenvalue weighted by Crippen LogP contribution is 2.12. The average Bonchev–Trinajstić information content (AvgIpc) is 2.44.